The minimum Gasteiger partial charge on any atom is -0.444 e. The molecular weight excluding hydrogens is 351 g/mol. The van der Waals surface area contributed by atoms with Gasteiger partial charge in [0.15, 0.2) is 0 Å². The van der Waals surface area contributed by atoms with E-state index >= 15 is 0 Å². The summed E-state index contributed by atoms with van der Waals surface area (Å²) in [5, 5.41) is 2.65. The Labute approximate surface area is 119 Å². The maximum Gasteiger partial charge on any atom is 0.413 e. The SMILES string of the molecule is CSc1ccnc(NC(=O)OC(C)(C)C)c1I. The van der Waals surface area contributed by atoms with Crippen molar-refractivity contribution in [2.75, 3.05) is 11.6 Å². The summed E-state index contributed by atoms with van der Waals surface area (Å²) in [5.41, 5.74) is -0.507. The van der Waals surface area contributed by atoms with Crippen molar-refractivity contribution in [1.82, 2.24) is 4.98 Å². The van der Waals surface area contributed by atoms with E-state index in [9.17, 15) is 4.79 Å². The molecule has 4 nitrogen and oxygen atoms in total. The zero-order valence-corrected chi connectivity index (χ0v) is 13.2. The summed E-state index contributed by atoms with van der Waals surface area (Å²) in [4.78, 5) is 16.8. The highest BCUT2D eigenvalue weighted by atomic mass is 127. The number of aromatic nitrogens is 1. The van der Waals surface area contributed by atoms with Gasteiger partial charge in [-0.1, -0.05) is 0 Å². The minimum atomic E-state index is -0.507. The molecule has 1 aromatic heterocycles. The second-order valence-electron chi connectivity index (χ2n) is 4.30. The molecule has 0 bridgehead atoms. The summed E-state index contributed by atoms with van der Waals surface area (Å²) < 4.78 is 6.09. The van der Waals surface area contributed by atoms with E-state index in [1.165, 1.54) is 0 Å². The number of hydrogen-bond donors (Lipinski definition) is 1. The van der Waals surface area contributed by atoms with E-state index < -0.39 is 11.7 Å². The monoisotopic (exact) mass is 366 g/mol. The zero-order chi connectivity index (χ0) is 13.1. The zero-order valence-electron chi connectivity index (χ0n) is 10.2. The lowest BCUT2D eigenvalue weighted by molar-refractivity contribution is 0.0635. The highest BCUT2D eigenvalue weighted by molar-refractivity contribution is 14.1. The van der Waals surface area contributed by atoms with Crippen LogP contribution in [0.15, 0.2) is 17.2 Å². The van der Waals surface area contributed by atoms with Gasteiger partial charge in [-0.05, 0) is 55.7 Å². The number of halogens is 1. The molecule has 0 atom stereocenters. The molecule has 6 heteroatoms. The first-order chi connectivity index (χ1) is 7.83. The van der Waals surface area contributed by atoms with Crippen molar-refractivity contribution in [3.8, 4) is 0 Å². The number of carbonyl (C=O) groups excluding carboxylic acids is 1. The fourth-order valence-corrected chi connectivity index (χ4v) is 2.66. The van der Waals surface area contributed by atoms with Crippen molar-refractivity contribution in [2.45, 2.75) is 31.3 Å². The van der Waals surface area contributed by atoms with Gasteiger partial charge in [0.25, 0.3) is 0 Å². The number of ether oxygens (including phenoxy) is 1. The number of pyridine rings is 1. The number of carbonyl (C=O) groups is 1. The molecule has 0 aliphatic rings. The van der Waals surface area contributed by atoms with Gasteiger partial charge < -0.3 is 4.74 Å². The lowest BCUT2D eigenvalue weighted by Gasteiger charge is -2.19. The number of anilines is 1. The summed E-state index contributed by atoms with van der Waals surface area (Å²) in [6, 6.07) is 1.91. The first-order valence-electron chi connectivity index (χ1n) is 5.02. The molecule has 0 saturated heterocycles. The largest absolute Gasteiger partial charge is 0.444 e. The van der Waals surface area contributed by atoms with E-state index in [1.807, 2.05) is 33.1 Å². The van der Waals surface area contributed by atoms with E-state index in [0.29, 0.717) is 5.82 Å². The van der Waals surface area contributed by atoms with E-state index in [1.54, 1.807) is 18.0 Å². The Morgan fingerprint density at radius 3 is 2.71 bits per heavy atom. The molecular formula is C11H15IN2O2S. The van der Waals surface area contributed by atoms with E-state index in [-0.39, 0.29) is 0 Å². The molecule has 0 radical (unpaired) electrons. The number of nitrogens with zero attached hydrogens (tertiary/aromatic N) is 1. The molecule has 1 N–H and O–H groups in total. The molecule has 1 amide bonds. The number of amides is 1. The molecule has 1 heterocycles. The van der Waals surface area contributed by atoms with Gasteiger partial charge in [0.1, 0.15) is 11.4 Å². The Bertz CT molecular complexity index is 418. The summed E-state index contributed by atoms with van der Waals surface area (Å²) >= 11 is 3.77. The number of thioether (sulfide) groups is 1. The molecule has 0 spiro atoms. The molecule has 0 fully saturated rings. The van der Waals surface area contributed by atoms with E-state index in [4.69, 9.17) is 4.74 Å². The predicted octanol–water partition coefficient (Wildman–Crippen LogP) is 3.76. The Morgan fingerprint density at radius 1 is 1.53 bits per heavy atom. The van der Waals surface area contributed by atoms with Crippen LogP contribution in [0.2, 0.25) is 0 Å². The van der Waals surface area contributed by atoms with Crippen LogP contribution in [0, 0.1) is 3.57 Å². The second kappa shape index (κ2) is 5.90. The van der Waals surface area contributed by atoms with Crippen LogP contribution in [-0.4, -0.2) is 22.9 Å². The molecule has 0 aliphatic heterocycles. The highest BCUT2D eigenvalue weighted by Gasteiger charge is 2.17. The molecule has 0 saturated carbocycles. The van der Waals surface area contributed by atoms with E-state index in [2.05, 4.69) is 32.9 Å². The first-order valence-corrected chi connectivity index (χ1v) is 7.32. The number of nitrogens with one attached hydrogen (secondary N) is 1. The Hall–Kier alpha value is -0.500. The van der Waals surface area contributed by atoms with Crippen molar-refractivity contribution >= 4 is 46.3 Å². The summed E-state index contributed by atoms with van der Waals surface area (Å²) in [7, 11) is 0. The van der Waals surface area contributed by atoms with Crippen LogP contribution in [0.3, 0.4) is 0 Å². The fourth-order valence-electron chi connectivity index (χ4n) is 1.07. The quantitative estimate of drug-likeness (QED) is 0.640. The average Bonchev–Trinajstić information content (AvgIpc) is 2.18. The van der Waals surface area contributed by atoms with Crippen molar-refractivity contribution in [2.24, 2.45) is 0 Å². The van der Waals surface area contributed by atoms with Crippen LogP contribution >= 0.6 is 34.4 Å². The molecule has 0 aromatic carbocycles. The van der Waals surface area contributed by atoms with Gasteiger partial charge in [0, 0.05) is 11.1 Å². The van der Waals surface area contributed by atoms with Crippen LogP contribution in [0.5, 0.6) is 0 Å². The summed E-state index contributed by atoms with van der Waals surface area (Å²) in [6.07, 6.45) is 3.16. The Balaban J connectivity index is 2.79. The standard InChI is InChI=1S/C11H15IN2O2S/c1-11(2,3)16-10(15)14-9-8(12)7(17-4)5-6-13-9/h5-6H,1-4H3,(H,13,14,15). The Morgan fingerprint density at radius 2 is 2.18 bits per heavy atom. The molecule has 1 rings (SSSR count). The summed E-state index contributed by atoms with van der Waals surface area (Å²) in [5.74, 6) is 0.534. The maximum absolute atomic E-state index is 11.6. The van der Waals surface area contributed by atoms with E-state index in [0.717, 1.165) is 8.47 Å². The second-order valence-corrected chi connectivity index (χ2v) is 6.23. The third-order valence-corrected chi connectivity index (χ3v) is 3.93. The Kier molecular flexibility index (Phi) is 5.05. The molecule has 17 heavy (non-hydrogen) atoms. The van der Waals surface area contributed by atoms with Crippen LogP contribution < -0.4 is 5.32 Å². The fraction of sp³-hybridized carbons (Fsp3) is 0.455. The lowest BCUT2D eigenvalue weighted by Crippen LogP contribution is -2.27. The highest BCUT2D eigenvalue weighted by Crippen LogP contribution is 2.26. The molecule has 0 aliphatic carbocycles. The maximum atomic E-state index is 11.6. The van der Waals surface area contributed by atoms with Crippen molar-refractivity contribution in [3.63, 3.8) is 0 Å². The van der Waals surface area contributed by atoms with Gasteiger partial charge in [-0.3, -0.25) is 5.32 Å². The lowest BCUT2D eigenvalue weighted by atomic mass is 10.2. The number of hydrogen-bond acceptors (Lipinski definition) is 4. The van der Waals surface area contributed by atoms with Crippen molar-refractivity contribution in [3.05, 3.63) is 15.8 Å². The van der Waals surface area contributed by atoms with Gasteiger partial charge in [0.2, 0.25) is 0 Å². The summed E-state index contributed by atoms with van der Waals surface area (Å²) in [6.45, 7) is 5.47. The predicted molar refractivity (Wildman–Crippen MR) is 78.6 cm³/mol. The third kappa shape index (κ3) is 4.71. The normalized spacial score (nSPS) is 11.1. The van der Waals surface area contributed by atoms with Crippen molar-refractivity contribution < 1.29 is 9.53 Å². The van der Waals surface area contributed by atoms with Crippen molar-refractivity contribution in [1.29, 1.82) is 0 Å². The molecule has 94 valence electrons. The molecule has 0 unspecified atom stereocenters. The molecule has 1 aromatic rings. The first kappa shape index (κ1) is 14.6. The van der Waals surface area contributed by atoms with Gasteiger partial charge in [-0.15, -0.1) is 11.8 Å². The van der Waals surface area contributed by atoms with Crippen LogP contribution in [-0.2, 0) is 4.74 Å². The number of rotatable bonds is 2. The minimum absolute atomic E-state index is 0.485. The average molecular weight is 366 g/mol. The third-order valence-electron chi connectivity index (χ3n) is 1.69. The smallest absolute Gasteiger partial charge is 0.413 e. The van der Waals surface area contributed by atoms with Crippen LogP contribution in [0.4, 0.5) is 10.6 Å². The van der Waals surface area contributed by atoms with Crippen LogP contribution in [0.25, 0.3) is 0 Å². The van der Waals surface area contributed by atoms with Crippen LogP contribution in [0.1, 0.15) is 20.8 Å². The van der Waals surface area contributed by atoms with Gasteiger partial charge >= 0.3 is 6.09 Å². The van der Waals surface area contributed by atoms with Gasteiger partial charge in [-0.25, -0.2) is 9.78 Å². The topological polar surface area (TPSA) is 51.2 Å². The van der Waals surface area contributed by atoms with Gasteiger partial charge in [-0.2, -0.15) is 0 Å². The van der Waals surface area contributed by atoms with Gasteiger partial charge in [0.05, 0.1) is 3.57 Å².